The quantitative estimate of drug-likeness (QED) is 0.705. The predicted octanol–water partition coefficient (Wildman–Crippen LogP) is 4.71. The van der Waals surface area contributed by atoms with Gasteiger partial charge in [-0.1, -0.05) is 19.9 Å². The Morgan fingerprint density at radius 1 is 1.40 bits per heavy atom. The summed E-state index contributed by atoms with van der Waals surface area (Å²) in [7, 11) is 1.79. The van der Waals surface area contributed by atoms with E-state index in [9.17, 15) is 0 Å². The summed E-state index contributed by atoms with van der Waals surface area (Å²) in [5, 5.41) is 0. The van der Waals surface area contributed by atoms with Gasteiger partial charge in [-0.15, -0.1) is 0 Å². The van der Waals surface area contributed by atoms with Crippen LogP contribution < -0.4 is 0 Å². The summed E-state index contributed by atoms with van der Waals surface area (Å²) in [5.41, 5.74) is 0.333. The van der Waals surface area contributed by atoms with Crippen LogP contribution in [0.4, 0.5) is 0 Å². The van der Waals surface area contributed by atoms with Crippen LogP contribution in [-0.4, -0.2) is 13.7 Å². The molecule has 0 aromatic heterocycles. The average molecular weight is 340 g/mol. The van der Waals surface area contributed by atoms with E-state index in [1.54, 1.807) is 7.11 Å². The molecule has 1 rings (SSSR count). The zero-order chi connectivity index (χ0) is 11.5. The normalized spacial score (nSPS) is 25.9. The fraction of sp³-hybridized carbons (Fsp3) is 0.833. The highest BCUT2D eigenvalue weighted by atomic mass is 79.9. The first-order valence-electron chi connectivity index (χ1n) is 5.45. The molecule has 1 nitrogen and oxygen atoms in total. The smallest absolute Gasteiger partial charge is 0.0567 e. The van der Waals surface area contributed by atoms with E-state index in [2.05, 4.69) is 51.8 Å². The highest BCUT2D eigenvalue weighted by Crippen LogP contribution is 2.43. The number of ether oxygens (including phenoxy) is 1. The number of hydrogen-bond acceptors (Lipinski definition) is 1. The molecule has 0 N–H and O–H groups in total. The Hall–Kier alpha value is 0.660. The van der Waals surface area contributed by atoms with Crippen LogP contribution in [0.1, 0.15) is 33.1 Å². The van der Waals surface area contributed by atoms with Gasteiger partial charge < -0.3 is 4.74 Å². The van der Waals surface area contributed by atoms with Crippen LogP contribution in [0.5, 0.6) is 0 Å². The molecule has 1 saturated carbocycles. The maximum atomic E-state index is 5.24. The summed E-state index contributed by atoms with van der Waals surface area (Å²) in [4.78, 5) is 0. The van der Waals surface area contributed by atoms with Crippen molar-refractivity contribution in [2.24, 2.45) is 17.3 Å². The number of methoxy groups -OCH3 is 1. The van der Waals surface area contributed by atoms with Gasteiger partial charge in [0, 0.05) is 7.11 Å². The number of halogens is 2. The fourth-order valence-corrected chi connectivity index (χ4v) is 3.25. The molecule has 0 aromatic carbocycles. The highest BCUT2D eigenvalue weighted by Gasteiger charge is 2.32. The third-order valence-corrected chi connectivity index (χ3v) is 3.54. The van der Waals surface area contributed by atoms with Crippen LogP contribution in [0.15, 0.2) is 9.47 Å². The summed E-state index contributed by atoms with van der Waals surface area (Å²) in [6.45, 7) is 5.45. The average Bonchev–Trinajstić information content (AvgIpc) is 1.98. The second-order valence-corrected chi connectivity index (χ2v) is 8.13. The van der Waals surface area contributed by atoms with Gasteiger partial charge in [0.25, 0.3) is 0 Å². The van der Waals surface area contributed by atoms with E-state index in [1.165, 1.54) is 19.3 Å². The minimum Gasteiger partial charge on any atom is -0.384 e. The summed E-state index contributed by atoms with van der Waals surface area (Å²) in [6.07, 6.45) is 6.20. The minimum atomic E-state index is 0.333. The van der Waals surface area contributed by atoms with Crippen LogP contribution in [0.25, 0.3) is 0 Å². The molecule has 0 aromatic rings. The minimum absolute atomic E-state index is 0.333. The van der Waals surface area contributed by atoms with Gasteiger partial charge in [-0.25, -0.2) is 0 Å². The van der Waals surface area contributed by atoms with Crippen molar-refractivity contribution in [2.75, 3.05) is 13.7 Å². The van der Waals surface area contributed by atoms with Crippen LogP contribution in [0.2, 0.25) is 0 Å². The molecule has 88 valence electrons. The molecule has 1 fully saturated rings. The standard InChI is InChI=1S/C12H20Br2O/c1-12(2,8-15-3)7-10-4-9(5-10)6-11(13)14/h6,9-10H,4-5,7-8H2,1-3H3/t9-,10+. The van der Waals surface area contributed by atoms with Crippen molar-refractivity contribution >= 4 is 31.9 Å². The van der Waals surface area contributed by atoms with Gasteiger partial charge in [-0.2, -0.15) is 0 Å². The molecule has 0 unspecified atom stereocenters. The molecule has 0 spiro atoms. The Kier molecular flexibility index (Phi) is 5.33. The van der Waals surface area contributed by atoms with Crippen molar-refractivity contribution in [1.29, 1.82) is 0 Å². The Labute approximate surface area is 110 Å². The van der Waals surface area contributed by atoms with Gasteiger partial charge >= 0.3 is 0 Å². The maximum absolute atomic E-state index is 5.24. The number of allylic oxidation sites excluding steroid dienone is 1. The van der Waals surface area contributed by atoms with Gasteiger partial charge in [0.2, 0.25) is 0 Å². The lowest BCUT2D eigenvalue weighted by Gasteiger charge is -2.38. The summed E-state index contributed by atoms with van der Waals surface area (Å²) >= 11 is 6.83. The fourth-order valence-electron chi connectivity index (χ4n) is 2.50. The van der Waals surface area contributed by atoms with E-state index in [4.69, 9.17) is 4.74 Å². The lowest BCUT2D eigenvalue weighted by atomic mass is 9.68. The molecule has 0 amide bonds. The van der Waals surface area contributed by atoms with Crippen molar-refractivity contribution in [2.45, 2.75) is 33.1 Å². The van der Waals surface area contributed by atoms with Gasteiger partial charge in [0.15, 0.2) is 0 Å². The topological polar surface area (TPSA) is 9.23 Å². The second-order valence-electron chi connectivity index (χ2n) is 5.36. The molecule has 0 atom stereocenters. The third kappa shape index (κ3) is 5.01. The molecule has 0 bridgehead atoms. The number of rotatable bonds is 5. The zero-order valence-electron chi connectivity index (χ0n) is 9.72. The van der Waals surface area contributed by atoms with E-state index in [1.807, 2.05) is 0 Å². The van der Waals surface area contributed by atoms with E-state index in [0.29, 0.717) is 5.41 Å². The Morgan fingerprint density at radius 2 is 2.00 bits per heavy atom. The van der Waals surface area contributed by atoms with Crippen LogP contribution in [0, 0.1) is 17.3 Å². The van der Waals surface area contributed by atoms with Gasteiger partial charge in [-0.3, -0.25) is 0 Å². The second kappa shape index (κ2) is 5.83. The van der Waals surface area contributed by atoms with Crippen molar-refractivity contribution in [3.8, 4) is 0 Å². The third-order valence-electron chi connectivity index (χ3n) is 3.01. The molecular formula is C12H20Br2O. The van der Waals surface area contributed by atoms with E-state index < -0.39 is 0 Å². The molecular weight excluding hydrogens is 320 g/mol. The van der Waals surface area contributed by atoms with Crippen LogP contribution in [0.3, 0.4) is 0 Å². The summed E-state index contributed by atoms with van der Waals surface area (Å²) in [6, 6.07) is 0. The predicted molar refractivity (Wildman–Crippen MR) is 72.4 cm³/mol. The maximum Gasteiger partial charge on any atom is 0.0567 e. The molecule has 1 aliphatic rings. The largest absolute Gasteiger partial charge is 0.384 e. The van der Waals surface area contributed by atoms with Crippen molar-refractivity contribution in [3.63, 3.8) is 0 Å². The SMILES string of the molecule is COCC(C)(C)C[C@H]1C[C@@H](C=C(Br)Br)C1. The molecule has 0 radical (unpaired) electrons. The first-order chi connectivity index (χ1) is 6.93. The first-order valence-corrected chi connectivity index (χ1v) is 7.03. The van der Waals surface area contributed by atoms with Crippen molar-refractivity contribution < 1.29 is 4.74 Å². The Balaban J connectivity index is 2.25. The Morgan fingerprint density at radius 3 is 2.47 bits per heavy atom. The van der Waals surface area contributed by atoms with Gasteiger partial charge in [0.1, 0.15) is 0 Å². The van der Waals surface area contributed by atoms with Crippen molar-refractivity contribution in [1.82, 2.24) is 0 Å². The summed E-state index contributed by atoms with van der Waals surface area (Å²) < 4.78 is 6.33. The van der Waals surface area contributed by atoms with E-state index in [-0.39, 0.29) is 0 Å². The van der Waals surface area contributed by atoms with E-state index in [0.717, 1.165) is 21.8 Å². The van der Waals surface area contributed by atoms with Crippen molar-refractivity contribution in [3.05, 3.63) is 9.47 Å². The number of hydrogen-bond donors (Lipinski definition) is 0. The molecule has 1 aliphatic carbocycles. The van der Waals surface area contributed by atoms with E-state index >= 15 is 0 Å². The summed E-state index contributed by atoms with van der Waals surface area (Å²) in [5.74, 6) is 1.65. The lowest BCUT2D eigenvalue weighted by Crippen LogP contribution is -2.30. The zero-order valence-corrected chi connectivity index (χ0v) is 12.9. The Bertz CT molecular complexity index is 226. The van der Waals surface area contributed by atoms with Gasteiger partial charge in [-0.05, 0) is 68.4 Å². The molecule has 0 saturated heterocycles. The van der Waals surface area contributed by atoms with Crippen LogP contribution in [-0.2, 0) is 4.74 Å². The van der Waals surface area contributed by atoms with Crippen LogP contribution >= 0.6 is 31.9 Å². The first kappa shape index (κ1) is 13.7. The molecule has 3 heteroatoms. The molecule has 0 heterocycles. The molecule has 0 aliphatic heterocycles. The van der Waals surface area contributed by atoms with Gasteiger partial charge in [0.05, 0.1) is 10.00 Å². The lowest BCUT2D eigenvalue weighted by molar-refractivity contribution is 0.0629. The highest BCUT2D eigenvalue weighted by molar-refractivity contribution is 9.28. The molecule has 15 heavy (non-hydrogen) atoms. The monoisotopic (exact) mass is 338 g/mol.